The van der Waals surface area contributed by atoms with E-state index in [0.29, 0.717) is 0 Å². The molecular formula is C13H14N2O4. The molecule has 4 N–H and O–H groups in total. The van der Waals surface area contributed by atoms with E-state index in [1.165, 1.54) is 0 Å². The molecule has 0 fully saturated rings. The molecule has 2 aromatic rings. The minimum absolute atomic E-state index is 0.0729. The molecule has 6 heteroatoms. The monoisotopic (exact) mass is 262 g/mol. The number of rotatable bonds is 6. The van der Waals surface area contributed by atoms with Crippen LogP contribution in [0.3, 0.4) is 0 Å². The van der Waals surface area contributed by atoms with Crippen molar-refractivity contribution in [2.75, 3.05) is 11.9 Å². The third kappa shape index (κ3) is 3.04. The van der Waals surface area contributed by atoms with Gasteiger partial charge in [0.15, 0.2) is 0 Å². The maximum Gasteiger partial charge on any atom is 0.308 e. The third-order valence-corrected chi connectivity index (χ3v) is 2.90. The summed E-state index contributed by atoms with van der Waals surface area (Å²) in [4.78, 5) is 24.6. The first-order valence-corrected chi connectivity index (χ1v) is 5.82. The van der Waals surface area contributed by atoms with Crippen molar-refractivity contribution in [2.45, 2.75) is 6.42 Å². The van der Waals surface area contributed by atoms with Crippen LogP contribution in [0, 0.1) is 5.92 Å². The van der Waals surface area contributed by atoms with Gasteiger partial charge < -0.3 is 20.5 Å². The summed E-state index contributed by atoms with van der Waals surface area (Å²) >= 11 is 0. The minimum Gasteiger partial charge on any atom is -0.481 e. The molecule has 0 spiro atoms. The van der Waals surface area contributed by atoms with Crippen LogP contribution >= 0.6 is 0 Å². The topological polar surface area (TPSA) is 102 Å². The van der Waals surface area contributed by atoms with Gasteiger partial charge in [-0.05, 0) is 6.07 Å². The maximum atomic E-state index is 10.9. The highest BCUT2D eigenvalue weighted by Crippen LogP contribution is 2.22. The number of hydrogen-bond donors (Lipinski definition) is 4. The van der Waals surface area contributed by atoms with Crippen LogP contribution in [0.5, 0.6) is 0 Å². The number of aromatic amines is 1. The second kappa shape index (κ2) is 5.43. The van der Waals surface area contributed by atoms with Crippen molar-refractivity contribution in [3.05, 3.63) is 30.5 Å². The van der Waals surface area contributed by atoms with Crippen LogP contribution in [0.25, 0.3) is 10.9 Å². The van der Waals surface area contributed by atoms with Crippen LogP contribution in [0.15, 0.2) is 30.5 Å². The van der Waals surface area contributed by atoms with Gasteiger partial charge in [-0.25, -0.2) is 0 Å². The largest absolute Gasteiger partial charge is 0.481 e. The molecule has 19 heavy (non-hydrogen) atoms. The Morgan fingerprint density at radius 1 is 1.26 bits per heavy atom. The number of aliphatic carboxylic acids is 2. The highest BCUT2D eigenvalue weighted by molar-refractivity contribution is 5.92. The number of carboxylic acids is 2. The Bertz CT molecular complexity index is 605. The number of H-pyrrole nitrogens is 1. The van der Waals surface area contributed by atoms with Gasteiger partial charge in [-0.2, -0.15) is 0 Å². The molecule has 0 aliphatic carbocycles. The van der Waals surface area contributed by atoms with E-state index >= 15 is 0 Å². The molecule has 0 aliphatic rings. The fourth-order valence-electron chi connectivity index (χ4n) is 1.91. The lowest BCUT2D eigenvalue weighted by atomic mass is 10.1. The third-order valence-electron chi connectivity index (χ3n) is 2.90. The average Bonchev–Trinajstić information content (AvgIpc) is 2.77. The SMILES string of the molecule is O=C(O)CC(CNc1c[nH]c2ccccc12)C(=O)O. The Hall–Kier alpha value is -2.50. The van der Waals surface area contributed by atoms with Crippen molar-refractivity contribution in [3.63, 3.8) is 0 Å². The molecule has 0 bridgehead atoms. The van der Waals surface area contributed by atoms with Crippen molar-refractivity contribution in [3.8, 4) is 0 Å². The van der Waals surface area contributed by atoms with Gasteiger partial charge in [0.25, 0.3) is 0 Å². The van der Waals surface area contributed by atoms with Crippen molar-refractivity contribution in [2.24, 2.45) is 5.92 Å². The summed E-state index contributed by atoms with van der Waals surface area (Å²) in [6, 6.07) is 7.59. The summed E-state index contributed by atoms with van der Waals surface area (Å²) in [6.45, 7) is 0.0729. The summed E-state index contributed by atoms with van der Waals surface area (Å²) < 4.78 is 0. The number of carboxylic acid groups (broad SMARTS) is 2. The van der Waals surface area contributed by atoms with E-state index in [1.807, 2.05) is 24.3 Å². The summed E-state index contributed by atoms with van der Waals surface area (Å²) in [7, 11) is 0. The van der Waals surface area contributed by atoms with E-state index in [-0.39, 0.29) is 6.54 Å². The normalized spacial score (nSPS) is 12.2. The van der Waals surface area contributed by atoms with Crippen LogP contribution in [-0.4, -0.2) is 33.7 Å². The van der Waals surface area contributed by atoms with Crippen LogP contribution in [0.2, 0.25) is 0 Å². The second-order valence-corrected chi connectivity index (χ2v) is 4.26. The smallest absolute Gasteiger partial charge is 0.308 e. The lowest BCUT2D eigenvalue weighted by molar-refractivity contribution is -0.147. The Morgan fingerprint density at radius 2 is 2.00 bits per heavy atom. The minimum atomic E-state index is -1.12. The van der Waals surface area contributed by atoms with Gasteiger partial charge in [-0.3, -0.25) is 9.59 Å². The summed E-state index contributed by atoms with van der Waals surface area (Å²) in [5, 5.41) is 21.5. The van der Waals surface area contributed by atoms with Crippen molar-refractivity contribution in [1.82, 2.24) is 4.98 Å². The number of anilines is 1. The predicted octanol–water partition coefficient (Wildman–Crippen LogP) is 1.76. The lowest BCUT2D eigenvalue weighted by Crippen LogP contribution is -2.25. The molecule has 1 aromatic carbocycles. The van der Waals surface area contributed by atoms with E-state index in [0.717, 1.165) is 16.6 Å². The molecule has 0 amide bonds. The zero-order chi connectivity index (χ0) is 13.8. The molecule has 2 rings (SSSR count). The van der Waals surface area contributed by atoms with Crippen molar-refractivity contribution >= 4 is 28.5 Å². The highest BCUT2D eigenvalue weighted by atomic mass is 16.4. The molecule has 1 unspecified atom stereocenters. The zero-order valence-corrected chi connectivity index (χ0v) is 10.1. The van der Waals surface area contributed by atoms with Crippen LogP contribution in [0.4, 0.5) is 5.69 Å². The first-order chi connectivity index (χ1) is 9.08. The summed E-state index contributed by atoms with van der Waals surface area (Å²) in [5.74, 6) is -3.19. The first-order valence-electron chi connectivity index (χ1n) is 5.82. The number of hydrogen-bond acceptors (Lipinski definition) is 3. The Morgan fingerprint density at radius 3 is 2.68 bits per heavy atom. The van der Waals surface area contributed by atoms with Gasteiger partial charge in [0.05, 0.1) is 18.0 Å². The molecule has 0 aliphatic heterocycles. The average molecular weight is 262 g/mol. The molecule has 1 heterocycles. The zero-order valence-electron chi connectivity index (χ0n) is 10.1. The predicted molar refractivity (Wildman–Crippen MR) is 70.2 cm³/mol. The number of para-hydroxylation sites is 1. The first kappa shape index (κ1) is 12.9. The molecule has 0 saturated heterocycles. The van der Waals surface area contributed by atoms with Crippen molar-refractivity contribution < 1.29 is 19.8 Å². The standard InChI is InChI=1S/C13H14N2O4/c16-12(17)5-8(13(18)19)6-14-11-7-15-10-4-2-1-3-9(10)11/h1-4,7-8,14-15H,5-6H2,(H,16,17)(H,18,19). The second-order valence-electron chi connectivity index (χ2n) is 4.26. The summed E-state index contributed by atoms with van der Waals surface area (Å²) in [6.07, 6.45) is 1.34. The van der Waals surface area contributed by atoms with Crippen LogP contribution < -0.4 is 5.32 Å². The molecule has 1 atom stereocenters. The number of nitrogens with one attached hydrogen (secondary N) is 2. The molecule has 0 radical (unpaired) electrons. The number of aromatic nitrogens is 1. The van der Waals surface area contributed by atoms with Gasteiger partial charge >= 0.3 is 11.9 Å². The lowest BCUT2D eigenvalue weighted by Gasteiger charge is -2.11. The summed E-state index contributed by atoms with van der Waals surface area (Å²) in [5.41, 5.74) is 1.71. The fraction of sp³-hybridized carbons (Fsp3) is 0.231. The van der Waals surface area contributed by atoms with Gasteiger partial charge in [0.2, 0.25) is 0 Å². The number of carbonyl (C=O) groups is 2. The molecule has 100 valence electrons. The Kier molecular flexibility index (Phi) is 3.70. The quantitative estimate of drug-likeness (QED) is 0.635. The van der Waals surface area contributed by atoms with Crippen LogP contribution in [0.1, 0.15) is 6.42 Å². The van der Waals surface area contributed by atoms with Crippen LogP contribution in [-0.2, 0) is 9.59 Å². The van der Waals surface area contributed by atoms with E-state index in [1.54, 1.807) is 6.20 Å². The fourth-order valence-corrected chi connectivity index (χ4v) is 1.91. The van der Waals surface area contributed by atoms with Gasteiger partial charge in [-0.15, -0.1) is 0 Å². The highest BCUT2D eigenvalue weighted by Gasteiger charge is 2.21. The van der Waals surface area contributed by atoms with E-state index < -0.39 is 24.3 Å². The molecular weight excluding hydrogens is 248 g/mol. The van der Waals surface area contributed by atoms with Gasteiger partial charge in [0.1, 0.15) is 0 Å². The Balaban J connectivity index is 2.08. The van der Waals surface area contributed by atoms with Gasteiger partial charge in [0, 0.05) is 23.6 Å². The number of fused-ring (bicyclic) bond motifs is 1. The van der Waals surface area contributed by atoms with E-state index in [2.05, 4.69) is 10.3 Å². The Labute approximate surface area is 109 Å². The molecule has 1 aromatic heterocycles. The molecule has 0 saturated carbocycles. The van der Waals surface area contributed by atoms with Gasteiger partial charge in [-0.1, -0.05) is 18.2 Å². The maximum absolute atomic E-state index is 10.9. The van der Waals surface area contributed by atoms with Crippen molar-refractivity contribution in [1.29, 1.82) is 0 Å². The van der Waals surface area contributed by atoms with E-state index in [4.69, 9.17) is 10.2 Å². The molecule has 6 nitrogen and oxygen atoms in total. The number of benzene rings is 1. The van der Waals surface area contributed by atoms with E-state index in [9.17, 15) is 9.59 Å².